The first-order chi connectivity index (χ1) is 8.24. The Morgan fingerprint density at radius 2 is 1.56 bits per heavy atom. The smallest absolute Gasteiger partial charge is 0.286 e. The monoisotopic (exact) mass is 268 g/mol. The van der Waals surface area contributed by atoms with Crippen molar-refractivity contribution < 1.29 is 4.92 Å². The van der Waals surface area contributed by atoms with Crippen molar-refractivity contribution in [2.75, 3.05) is 0 Å². The molecule has 5 heteroatoms. The Morgan fingerprint density at radius 1 is 1.11 bits per heavy atom. The van der Waals surface area contributed by atoms with Crippen LogP contribution in [0.25, 0.3) is 0 Å². The molecule has 0 N–H and O–H groups in total. The summed E-state index contributed by atoms with van der Waals surface area (Å²) in [7, 11) is -1.82. The first-order valence-electron chi connectivity index (χ1n) is 6.57. The van der Waals surface area contributed by atoms with E-state index in [1.54, 1.807) is 12.3 Å². The summed E-state index contributed by atoms with van der Waals surface area (Å²) in [4.78, 5) is 10.5. The molecular formula is C13H24N2O2Si. The average molecular weight is 268 g/mol. The van der Waals surface area contributed by atoms with Gasteiger partial charge in [-0.25, -0.2) is 0 Å². The number of hydrogen-bond donors (Lipinski definition) is 0. The van der Waals surface area contributed by atoms with Crippen LogP contribution in [0.3, 0.4) is 0 Å². The van der Waals surface area contributed by atoms with Crippen LogP contribution < -0.4 is 0 Å². The fourth-order valence-electron chi connectivity index (χ4n) is 3.63. The molecule has 1 rings (SSSR count). The van der Waals surface area contributed by atoms with Crippen LogP contribution in [0.5, 0.6) is 0 Å². The van der Waals surface area contributed by atoms with Crippen molar-refractivity contribution in [2.45, 2.75) is 58.2 Å². The third-order valence-corrected chi connectivity index (χ3v) is 10.8. The lowest BCUT2D eigenvalue weighted by Crippen LogP contribution is -2.51. The molecule has 0 aliphatic heterocycles. The lowest BCUT2D eigenvalue weighted by atomic mass is 10.5. The van der Waals surface area contributed by atoms with Gasteiger partial charge in [-0.05, 0) is 16.6 Å². The molecule has 0 amide bonds. The first-order valence-corrected chi connectivity index (χ1v) is 8.75. The fraction of sp³-hybridized carbons (Fsp3) is 0.692. The third-order valence-electron chi connectivity index (χ3n) is 4.11. The minimum Gasteiger partial charge on any atom is -0.374 e. The van der Waals surface area contributed by atoms with E-state index in [4.69, 9.17) is 0 Å². The van der Waals surface area contributed by atoms with E-state index >= 15 is 0 Å². The molecule has 1 aromatic rings. The molecule has 0 saturated heterocycles. The average Bonchev–Trinajstić information content (AvgIpc) is 2.66. The highest BCUT2D eigenvalue weighted by Gasteiger charge is 2.45. The second kappa shape index (κ2) is 5.26. The Morgan fingerprint density at radius 3 is 1.83 bits per heavy atom. The molecule has 0 aliphatic carbocycles. The van der Waals surface area contributed by atoms with Gasteiger partial charge in [0.1, 0.15) is 0 Å². The fourth-order valence-corrected chi connectivity index (χ4v) is 10.1. The molecule has 0 saturated carbocycles. The van der Waals surface area contributed by atoms with E-state index in [9.17, 15) is 10.1 Å². The van der Waals surface area contributed by atoms with E-state index in [0.29, 0.717) is 16.6 Å². The molecule has 1 heterocycles. The van der Waals surface area contributed by atoms with Crippen molar-refractivity contribution in [1.29, 1.82) is 0 Å². The predicted octanol–water partition coefficient (Wildman–Crippen LogP) is 4.42. The molecule has 0 spiro atoms. The summed E-state index contributed by atoms with van der Waals surface area (Å²) in [5.41, 5.74) is 1.84. The molecule has 0 aliphatic rings. The van der Waals surface area contributed by atoms with Gasteiger partial charge in [0.25, 0.3) is 5.69 Å². The van der Waals surface area contributed by atoms with Gasteiger partial charge in [-0.1, -0.05) is 41.5 Å². The summed E-state index contributed by atoms with van der Waals surface area (Å²) in [6.07, 6.45) is 3.64. The molecule has 0 atom stereocenters. The quantitative estimate of drug-likeness (QED) is 0.451. The number of nitrogens with zero attached hydrogens (tertiary/aromatic N) is 2. The second-order valence-corrected chi connectivity index (χ2v) is 11.6. The molecule has 1 aromatic heterocycles. The lowest BCUT2D eigenvalue weighted by molar-refractivity contribution is -0.384. The van der Waals surface area contributed by atoms with Gasteiger partial charge in [0.15, 0.2) is 8.24 Å². The largest absolute Gasteiger partial charge is 0.374 e. The van der Waals surface area contributed by atoms with Crippen molar-refractivity contribution in [2.24, 2.45) is 0 Å². The number of nitro groups is 1. The highest BCUT2D eigenvalue weighted by atomic mass is 28.3. The van der Waals surface area contributed by atoms with Gasteiger partial charge in [0.05, 0.1) is 11.1 Å². The zero-order chi connectivity index (χ0) is 14.1. The minimum atomic E-state index is -1.82. The van der Waals surface area contributed by atoms with Crippen LogP contribution in [0.2, 0.25) is 16.6 Å². The highest BCUT2D eigenvalue weighted by molar-refractivity contribution is 6.82. The predicted molar refractivity (Wildman–Crippen MR) is 77.5 cm³/mol. The third kappa shape index (κ3) is 2.23. The van der Waals surface area contributed by atoms with E-state index in [1.165, 1.54) is 0 Å². The summed E-state index contributed by atoms with van der Waals surface area (Å²) < 4.78 is 2.19. The van der Waals surface area contributed by atoms with Gasteiger partial charge in [-0.15, -0.1) is 0 Å². The Bertz CT molecular complexity index is 403. The number of aromatic nitrogens is 1. The van der Waals surface area contributed by atoms with E-state index in [0.717, 1.165) is 0 Å². The topological polar surface area (TPSA) is 48.1 Å². The van der Waals surface area contributed by atoms with Crippen molar-refractivity contribution in [1.82, 2.24) is 4.23 Å². The van der Waals surface area contributed by atoms with Crippen LogP contribution in [-0.4, -0.2) is 17.4 Å². The van der Waals surface area contributed by atoms with E-state index in [1.807, 2.05) is 6.20 Å². The standard InChI is InChI=1S/C13H24N2O2Si/c1-10(2)18(11(3)4,12(5)6)14-8-7-13(9-14)15(16)17/h7-12H,1-6H3. The van der Waals surface area contributed by atoms with Crippen LogP contribution in [0.15, 0.2) is 18.5 Å². The molecule has 0 radical (unpaired) electrons. The summed E-state index contributed by atoms with van der Waals surface area (Å²) in [6.45, 7) is 13.5. The van der Waals surface area contributed by atoms with Gasteiger partial charge in [-0.2, -0.15) is 0 Å². The molecule has 18 heavy (non-hydrogen) atoms. The summed E-state index contributed by atoms with van der Waals surface area (Å²) in [6, 6.07) is 1.62. The number of rotatable bonds is 5. The Balaban J connectivity index is 3.37. The Kier molecular flexibility index (Phi) is 4.37. The number of hydrogen-bond acceptors (Lipinski definition) is 2. The van der Waals surface area contributed by atoms with Crippen LogP contribution in [0, 0.1) is 10.1 Å². The molecule has 0 bridgehead atoms. The normalized spacial score (nSPS) is 12.7. The molecular weight excluding hydrogens is 244 g/mol. The SMILES string of the molecule is CC(C)[Si](C(C)C)(C(C)C)n1ccc([N+](=O)[O-])c1. The summed E-state index contributed by atoms with van der Waals surface area (Å²) >= 11 is 0. The molecule has 4 nitrogen and oxygen atoms in total. The van der Waals surface area contributed by atoms with Crippen LogP contribution in [-0.2, 0) is 0 Å². The van der Waals surface area contributed by atoms with Crippen LogP contribution >= 0.6 is 0 Å². The zero-order valence-corrected chi connectivity index (χ0v) is 13.2. The van der Waals surface area contributed by atoms with Gasteiger partial charge in [0, 0.05) is 12.3 Å². The maximum atomic E-state index is 10.9. The van der Waals surface area contributed by atoms with Gasteiger partial charge < -0.3 is 4.23 Å². The van der Waals surface area contributed by atoms with Crippen molar-refractivity contribution in [3.05, 3.63) is 28.6 Å². The molecule has 102 valence electrons. The molecule has 0 unspecified atom stereocenters. The van der Waals surface area contributed by atoms with E-state index in [-0.39, 0.29) is 10.6 Å². The second-order valence-electron chi connectivity index (χ2n) is 5.89. The van der Waals surface area contributed by atoms with Gasteiger partial charge in [0.2, 0.25) is 0 Å². The summed E-state index contributed by atoms with van der Waals surface area (Å²) in [5.74, 6) is 0. The lowest BCUT2D eigenvalue weighted by Gasteiger charge is -2.43. The van der Waals surface area contributed by atoms with E-state index in [2.05, 4.69) is 45.8 Å². The Hall–Kier alpha value is -1.10. The van der Waals surface area contributed by atoms with Crippen molar-refractivity contribution in [3.63, 3.8) is 0 Å². The maximum absolute atomic E-state index is 10.9. The highest BCUT2D eigenvalue weighted by Crippen LogP contribution is 2.43. The van der Waals surface area contributed by atoms with Crippen LogP contribution in [0.4, 0.5) is 5.69 Å². The minimum absolute atomic E-state index is 0.203. The summed E-state index contributed by atoms with van der Waals surface area (Å²) in [5, 5.41) is 10.9. The van der Waals surface area contributed by atoms with Crippen molar-refractivity contribution >= 4 is 13.9 Å². The van der Waals surface area contributed by atoms with E-state index < -0.39 is 8.24 Å². The van der Waals surface area contributed by atoms with Gasteiger partial charge >= 0.3 is 0 Å². The Labute approximate surface area is 110 Å². The van der Waals surface area contributed by atoms with Crippen LogP contribution in [0.1, 0.15) is 41.5 Å². The first kappa shape index (κ1) is 15.0. The molecule has 0 fully saturated rings. The van der Waals surface area contributed by atoms with Crippen molar-refractivity contribution in [3.8, 4) is 0 Å². The molecule has 0 aromatic carbocycles. The maximum Gasteiger partial charge on any atom is 0.286 e. The van der Waals surface area contributed by atoms with Gasteiger partial charge in [-0.3, -0.25) is 10.1 Å². The zero-order valence-electron chi connectivity index (χ0n) is 12.2.